The molecule has 1 aromatic rings. The van der Waals surface area contributed by atoms with Gasteiger partial charge < -0.3 is 0 Å². The second kappa shape index (κ2) is 4.15. The number of nitriles is 1. The summed E-state index contributed by atoms with van der Waals surface area (Å²) in [6.07, 6.45) is -2.66. The molecule has 0 bridgehead atoms. The van der Waals surface area contributed by atoms with Gasteiger partial charge in [0.25, 0.3) is 6.43 Å². The molecule has 0 unspecified atom stereocenters. The van der Waals surface area contributed by atoms with Crippen LogP contribution in [0.4, 0.5) is 8.78 Å². The Kier molecular flexibility index (Phi) is 3.15. The third-order valence-electron chi connectivity index (χ3n) is 1.47. The molecule has 0 spiro atoms. The zero-order valence-corrected chi connectivity index (χ0v) is 7.22. The van der Waals surface area contributed by atoms with Crippen LogP contribution < -0.4 is 0 Å². The van der Waals surface area contributed by atoms with E-state index in [4.69, 9.17) is 16.9 Å². The molecule has 0 aromatic carbocycles. The van der Waals surface area contributed by atoms with E-state index in [0.29, 0.717) is 5.56 Å². The first-order valence-electron chi connectivity index (χ1n) is 3.43. The summed E-state index contributed by atoms with van der Waals surface area (Å²) in [5.41, 5.74) is 0.0341. The van der Waals surface area contributed by atoms with Crippen molar-refractivity contribution in [1.29, 1.82) is 5.26 Å². The van der Waals surface area contributed by atoms with E-state index < -0.39 is 12.1 Å². The van der Waals surface area contributed by atoms with Crippen molar-refractivity contribution >= 4 is 11.6 Å². The third-order valence-corrected chi connectivity index (χ3v) is 1.76. The summed E-state index contributed by atoms with van der Waals surface area (Å²) in [5.74, 6) is 0.0966. The third kappa shape index (κ3) is 2.13. The topological polar surface area (TPSA) is 36.7 Å². The lowest BCUT2D eigenvalue weighted by Gasteiger charge is -2.01. The van der Waals surface area contributed by atoms with Gasteiger partial charge in [-0.15, -0.1) is 11.6 Å². The molecule has 1 rings (SSSR count). The molecule has 0 fully saturated rings. The van der Waals surface area contributed by atoms with Crippen molar-refractivity contribution in [3.63, 3.8) is 0 Å². The van der Waals surface area contributed by atoms with Gasteiger partial charge in [-0.2, -0.15) is 5.26 Å². The van der Waals surface area contributed by atoms with Gasteiger partial charge in [0.2, 0.25) is 0 Å². The molecule has 2 nitrogen and oxygen atoms in total. The molecule has 13 heavy (non-hydrogen) atoms. The molecule has 68 valence electrons. The summed E-state index contributed by atoms with van der Waals surface area (Å²) in [4.78, 5) is 3.47. The minimum absolute atomic E-state index is 0.0344. The highest BCUT2D eigenvalue weighted by Crippen LogP contribution is 2.18. The number of hydrogen-bond donors (Lipinski definition) is 0. The van der Waals surface area contributed by atoms with Crippen molar-refractivity contribution in [2.75, 3.05) is 0 Å². The molecule has 0 aliphatic carbocycles. The number of nitrogens with zero attached hydrogens (tertiary/aromatic N) is 2. The van der Waals surface area contributed by atoms with Gasteiger partial charge in [0.1, 0.15) is 17.5 Å². The number of pyridine rings is 1. The van der Waals surface area contributed by atoms with Gasteiger partial charge in [-0.1, -0.05) is 6.07 Å². The first kappa shape index (κ1) is 9.87. The van der Waals surface area contributed by atoms with Crippen LogP contribution in [0.25, 0.3) is 0 Å². The molecule has 0 aliphatic heterocycles. The van der Waals surface area contributed by atoms with Gasteiger partial charge >= 0.3 is 0 Å². The summed E-state index contributed by atoms with van der Waals surface area (Å²) in [5, 5.41) is 8.54. The van der Waals surface area contributed by atoms with Crippen LogP contribution in [0, 0.1) is 11.3 Å². The molecule has 1 heterocycles. The lowest BCUT2D eigenvalue weighted by molar-refractivity contribution is 0.146. The fraction of sp³-hybridized carbons (Fsp3) is 0.250. The lowest BCUT2D eigenvalue weighted by Crippen LogP contribution is -1.96. The highest BCUT2D eigenvalue weighted by molar-refractivity contribution is 6.17. The first-order chi connectivity index (χ1) is 6.19. The van der Waals surface area contributed by atoms with Gasteiger partial charge in [-0.3, -0.25) is 0 Å². The van der Waals surface area contributed by atoms with Crippen LogP contribution in [-0.4, -0.2) is 4.98 Å². The maximum Gasteiger partial charge on any atom is 0.280 e. The average Bonchev–Trinajstić information content (AvgIpc) is 2.16. The minimum Gasteiger partial charge on any atom is -0.236 e. The van der Waals surface area contributed by atoms with E-state index in [-0.39, 0.29) is 11.6 Å². The summed E-state index contributed by atoms with van der Waals surface area (Å²) in [7, 11) is 0. The fourth-order valence-electron chi connectivity index (χ4n) is 0.829. The molecular formula is C8H5ClF2N2. The van der Waals surface area contributed by atoms with Crippen LogP contribution in [0.3, 0.4) is 0 Å². The van der Waals surface area contributed by atoms with Crippen molar-refractivity contribution in [3.8, 4) is 6.07 Å². The SMILES string of the molecule is N#Cc1nc(C(F)F)ccc1CCl. The predicted molar refractivity (Wildman–Crippen MR) is 43.5 cm³/mol. The van der Waals surface area contributed by atoms with E-state index in [1.807, 2.05) is 0 Å². The zero-order chi connectivity index (χ0) is 9.84. The largest absolute Gasteiger partial charge is 0.280 e. The quantitative estimate of drug-likeness (QED) is 0.692. The van der Waals surface area contributed by atoms with Gasteiger partial charge in [0.05, 0.1) is 5.88 Å². The van der Waals surface area contributed by atoms with E-state index in [9.17, 15) is 8.78 Å². The Bertz CT molecular complexity index is 346. The van der Waals surface area contributed by atoms with Crippen molar-refractivity contribution in [2.24, 2.45) is 0 Å². The van der Waals surface area contributed by atoms with Crippen LogP contribution in [0.2, 0.25) is 0 Å². The highest BCUT2D eigenvalue weighted by atomic mass is 35.5. The Balaban J connectivity index is 3.15. The van der Waals surface area contributed by atoms with Crippen LogP contribution in [-0.2, 0) is 5.88 Å². The second-order valence-electron chi connectivity index (χ2n) is 2.29. The van der Waals surface area contributed by atoms with Gasteiger partial charge in [0.15, 0.2) is 0 Å². The summed E-state index contributed by atoms with van der Waals surface area (Å²) in [6.45, 7) is 0. The maximum absolute atomic E-state index is 12.1. The molecule has 0 aliphatic rings. The van der Waals surface area contributed by atoms with E-state index >= 15 is 0 Å². The Hall–Kier alpha value is -1.21. The minimum atomic E-state index is -2.66. The maximum atomic E-state index is 12.1. The Morgan fingerprint density at radius 2 is 2.23 bits per heavy atom. The molecule has 0 amide bonds. The van der Waals surface area contributed by atoms with Crippen molar-refractivity contribution in [2.45, 2.75) is 12.3 Å². The van der Waals surface area contributed by atoms with E-state index in [1.165, 1.54) is 12.1 Å². The number of hydrogen-bond acceptors (Lipinski definition) is 2. The predicted octanol–water partition coefficient (Wildman–Crippen LogP) is 2.63. The average molecular weight is 203 g/mol. The molecule has 0 saturated carbocycles. The zero-order valence-electron chi connectivity index (χ0n) is 6.47. The van der Waals surface area contributed by atoms with Crippen molar-refractivity contribution in [3.05, 3.63) is 29.1 Å². The van der Waals surface area contributed by atoms with E-state index in [1.54, 1.807) is 6.07 Å². The van der Waals surface area contributed by atoms with Gasteiger partial charge in [-0.25, -0.2) is 13.8 Å². The van der Waals surface area contributed by atoms with Gasteiger partial charge in [-0.05, 0) is 6.07 Å². The fourth-order valence-corrected chi connectivity index (χ4v) is 1.04. The molecular weight excluding hydrogens is 198 g/mol. The smallest absolute Gasteiger partial charge is 0.236 e. The molecule has 0 saturated heterocycles. The molecule has 0 N–H and O–H groups in total. The Labute approximate surface area is 78.8 Å². The Morgan fingerprint density at radius 3 is 2.69 bits per heavy atom. The lowest BCUT2D eigenvalue weighted by atomic mass is 10.2. The molecule has 0 atom stereocenters. The molecule has 1 aromatic heterocycles. The van der Waals surface area contributed by atoms with E-state index in [2.05, 4.69) is 4.98 Å². The molecule has 5 heteroatoms. The first-order valence-corrected chi connectivity index (χ1v) is 3.96. The number of rotatable bonds is 2. The number of alkyl halides is 3. The van der Waals surface area contributed by atoms with Crippen LogP contribution >= 0.6 is 11.6 Å². The van der Waals surface area contributed by atoms with Gasteiger partial charge in [0, 0.05) is 5.56 Å². The number of halogens is 3. The monoisotopic (exact) mass is 202 g/mol. The number of aromatic nitrogens is 1. The van der Waals surface area contributed by atoms with Crippen LogP contribution in [0.1, 0.15) is 23.4 Å². The summed E-state index contributed by atoms with van der Waals surface area (Å²) in [6, 6.07) is 4.27. The normalized spacial score (nSPS) is 10.1. The van der Waals surface area contributed by atoms with Crippen molar-refractivity contribution in [1.82, 2.24) is 4.98 Å². The van der Waals surface area contributed by atoms with E-state index in [0.717, 1.165) is 0 Å². The Morgan fingerprint density at radius 1 is 1.54 bits per heavy atom. The van der Waals surface area contributed by atoms with Crippen LogP contribution in [0.5, 0.6) is 0 Å². The summed E-state index contributed by atoms with van der Waals surface area (Å²) < 4.78 is 24.2. The van der Waals surface area contributed by atoms with Crippen molar-refractivity contribution < 1.29 is 8.78 Å². The molecule has 0 radical (unpaired) electrons. The highest BCUT2D eigenvalue weighted by Gasteiger charge is 2.11. The second-order valence-corrected chi connectivity index (χ2v) is 2.56. The standard InChI is InChI=1S/C8H5ClF2N2/c9-3-5-1-2-6(8(10)11)13-7(5)4-12/h1-2,8H,3H2. The van der Waals surface area contributed by atoms with Crippen LogP contribution in [0.15, 0.2) is 12.1 Å². The summed E-state index contributed by atoms with van der Waals surface area (Å²) >= 11 is 5.46.